The molecule has 0 aliphatic carbocycles. The van der Waals surface area contributed by atoms with E-state index in [4.69, 9.17) is 10.5 Å². The van der Waals surface area contributed by atoms with Crippen molar-refractivity contribution in [2.24, 2.45) is 0 Å². The summed E-state index contributed by atoms with van der Waals surface area (Å²) >= 11 is 0. The maximum atomic E-state index is 13.5. The maximum absolute atomic E-state index is 13.5. The van der Waals surface area contributed by atoms with Crippen LogP contribution in [0.4, 0.5) is 10.1 Å². The van der Waals surface area contributed by atoms with E-state index >= 15 is 0 Å². The van der Waals surface area contributed by atoms with Crippen LogP contribution >= 0.6 is 0 Å². The van der Waals surface area contributed by atoms with Crippen LogP contribution in [-0.4, -0.2) is 26.7 Å². The molecular formula is C13H19FN2O3S. The Morgan fingerprint density at radius 2 is 2.15 bits per heavy atom. The second kappa shape index (κ2) is 4.98. The van der Waals surface area contributed by atoms with E-state index in [2.05, 4.69) is 4.72 Å². The van der Waals surface area contributed by atoms with E-state index in [-0.39, 0.29) is 22.3 Å². The van der Waals surface area contributed by atoms with Crippen molar-refractivity contribution in [1.29, 1.82) is 0 Å². The highest BCUT2D eigenvalue weighted by molar-refractivity contribution is 7.89. The molecule has 1 aliphatic rings. The summed E-state index contributed by atoms with van der Waals surface area (Å²) in [5.41, 5.74) is 4.85. The van der Waals surface area contributed by atoms with Gasteiger partial charge in [0, 0.05) is 6.61 Å². The van der Waals surface area contributed by atoms with Crippen LogP contribution in [0.2, 0.25) is 0 Å². The minimum absolute atomic E-state index is 0.0331. The van der Waals surface area contributed by atoms with Crippen LogP contribution in [0, 0.1) is 12.7 Å². The van der Waals surface area contributed by atoms with Crippen molar-refractivity contribution in [2.45, 2.75) is 43.7 Å². The highest BCUT2D eigenvalue weighted by Crippen LogP contribution is 2.28. The molecule has 2 rings (SSSR count). The zero-order valence-corrected chi connectivity index (χ0v) is 12.6. The van der Waals surface area contributed by atoms with Gasteiger partial charge in [-0.15, -0.1) is 0 Å². The molecule has 0 bridgehead atoms. The normalized spacial score (nSPS) is 26.9. The van der Waals surface area contributed by atoms with E-state index in [9.17, 15) is 12.8 Å². The van der Waals surface area contributed by atoms with E-state index in [0.717, 1.165) is 6.07 Å². The first kappa shape index (κ1) is 15.2. The number of nitrogens with one attached hydrogen (secondary N) is 1. The van der Waals surface area contributed by atoms with Gasteiger partial charge in [0.2, 0.25) is 10.0 Å². The average molecular weight is 302 g/mol. The molecule has 20 heavy (non-hydrogen) atoms. The molecule has 3 N–H and O–H groups in total. The van der Waals surface area contributed by atoms with Crippen molar-refractivity contribution in [3.05, 3.63) is 23.5 Å². The van der Waals surface area contributed by atoms with E-state index in [1.54, 1.807) is 6.92 Å². The van der Waals surface area contributed by atoms with Gasteiger partial charge in [-0.1, -0.05) is 0 Å². The van der Waals surface area contributed by atoms with Gasteiger partial charge < -0.3 is 10.5 Å². The van der Waals surface area contributed by atoms with Crippen molar-refractivity contribution in [1.82, 2.24) is 4.72 Å². The zero-order chi connectivity index (χ0) is 15.1. The number of nitrogen functional groups attached to an aromatic ring is 1. The van der Waals surface area contributed by atoms with E-state index < -0.39 is 21.4 Å². The Bertz CT molecular complexity index is 609. The fraction of sp³-hybridized carbons (Fsp3) is 0.538. The minimum atomic E-state index is -3.77. The smallest absolute Gasteiger partial charge is 0.241 e. The molecule has 5 nitrogen and oxygen atoms in total. The molecule has 1 aliphatic heterocycles. The standard InChI is InChI=1S/C13H19FN2O3S/c1-8-6-10(7-11(15)12(8)14)20(17,18)16-13(3)4-5-19-9(13)2/h6-7,9,16H,4-5,15H2,1-3H3. The number of hydrogen-bond acceptors (Lipinski definition) is 4. The van der Waals surface area contributed by atoms with Crippen LogP contribution in [0.15, 0.2) is 17.0 Å². The van der Waals surface area contributed by atoms with Crippen molar-refractivity contribution in [3.8, 4) is 0 Å². The fourth-order valence-electron chi connectivity index (χ4n) is 2.25. The molecule has 1 aromatic rings. The van der Waals surface area contributed by atoms with Gasteiger partial charge in [0.1, 0.15) is 5.82 Å². The number of ether oxygens (including phenoxy) is 1. The van der Waals surface area contributed by atoms with Crippen molar-refractivity contribution in [2.75, 3.05) is 12.3 Å². The van der Waals surface area contributed by atoms with Gasteiger partial charge >= 0.3 is 0 Å². The van der Waals surface area contributed by atoms with Gasteiger partial charge in [-0.3, -0.25) is 0 Å². The van der Waals surface area contributed by atoms with Gasteiger partial charge in [-0.2, -0.15) is 0 Å². The van der Waals surface area contributed by atoms with E-state index in [0.29, 0.717) is 13.0 Å². The lowest BCUT2D eigenvalue weighted by molar-refractivity contribution is 0.0957. The average Bonchev–Trinajstić information content (AvgIpc) is 2.64. The molecule has 0 radical (unpaired) electrons. The molecule has 2 atom stereocenters. The Kier molecular flexibility index (Phi) is 3.79. The first-order valence-electron chi connectivity index (χ1n) is 6.37. The summed E-state index contributed by atoms with van der Waals surface area (Å²) in [5.74, 6) is -0.590. The lowest BCUT2D eigenvalue weighted by Crippen LogP contribution is -2.50. The Balaban J connectivity index is 2.36. The second-order valence-corrected chi connectivity index (χ2v) is 7.11. The quantitative estimate of drug-likeness (QED) is 0.830. The molecule has 1 heterocycles. The molecule has 1 saturated heterocycles. The van der Waals surface area contributed by atoms with Gasteiger partial charge in [0.15, 0.2) is 0 Å². The summed E-state index contributed by atoms with van der Waals surface area (Å²) in [6.45, 7) is 5.60. The second-order valence-electron chi connectivity index (χ2n) is 5.43. The SMILES string of the molecule is Cc1cc(S(=O)(=O)NC2(C)CCOC2C)cc(N)c1F. The highest BCUT2D eigenvalue weighted by atomic mass is 32.2. The van der Waals surface area contributed by atoms with Gasteiger partial charge in [-0.25, -0.2) is 17.5 Å². The largest absolute Gasteiger partial charge is 0.396 e. The number of aryl methyl sites for hydroxylation is 1. The summed E-state index contributed by atoms with van der Waals surface area (Å²) < 4.78 is 46.3. The molecule has 0 amide bonds. The molecule has 1 fully saturated rings. The summed E-state index contributed by atoms with van der Waals surface area (Å²) in [7, 11) is -3.77. The van der Waals surface area contributed by atoms with E-state index in [1.165, 1.54) is 13.0 Å². The van der Waals surface area contributed by atoms with Crippen LogP contribution in [0.25, 0.3) is 0 Å². The van der Waals surface area contributed by atoms with Crippen LogP contribution < -0.4 is 10.5 Å². The Morgan fingerprint density at radius 3 is 2.65 bits per heavy atom. The molecule has 0 saturated carbocycles. The number of sulfonamides is 1. The first-order valence-corrected chi connectivity index (χ1v) is 7.85. The van der Waals surface area contributed by atoms with Crippen molar-refractivity contribution >= 4 is 15.7 Å². The number of halogens is 1. The number of benzene rings is 1. The molecule has 7 heteroatoms. The summed E-state index contributed by atoms with van der Waals surface area (Å²) in [6, 6.07) is 2.41. The molecule has 1 aromatic carbocycles. The van der Waals surface area contributed by atoms with Crippen LogP contribution in [-0.2, 0) is 14.8 Å². The lowest BCUT2D eigenvalue weighted by Gasteiger charge is -2.28. The first-order chi connectivity index (χ1) is 9.16. The fourth-order valence-corrected chi connectivity index (χ4v) is 3.87. The topological polar surface area (TPSA) is 81.4 Å². The van der Waals surface area contributed by atoms with Gasteiger partial charge in [-0.05, 0) is 44.9 Å². The zero-order valence-electron chi connectivity index (χ0n) is 11.7. The molecule has 0 spiro atoms. The number of nitrogens with two attached hydrogens (primary N) is 1. The summed E-state index contributed by atoms with van der Waals surface area (Å²) in [6.07, 6.45) is 0.361. The van der Waals surface area contributed by atoms with Crippen LogP contribution in [0.3, 0.4) is 0 Å². The Hall–Kier alpha value is -1.18. The number of hydrogen-bond donors (Lipinski definition) is 2. The Morgan fingerprint density at radius 1 is 1.50 bits per heavy atom. The summed E-state index contributed by atoms with van der Waals surface area (Å²) in [4.78, 5) is -0.0331. The summed E-state index contributed by atoms with van der Waals surface area (Å²) in [5, 5.41) is 0. The minimum Gasteiger partial charge on any atom is -0.396 e. The lowest BCUT2D eigenvalue weighted by atomic mass is 9.97. The van der Waals surface area contributed by atoms with Gasteiger partial charge in [0.05, 0.1) is 22.2 Å². The Labute approximate surface area is 118 Å². The molecule has 0 aromatic heterocycles. The third-order valence-electron chi connectivity index (χ3n) is 3.82. The number of anilines is 1. The predicted molar refractivity (Wildman–Crippen MR) is 74.3 cm³/mol. The molecule has 2 unspecified atom stereocenters. The van der Waals surface area contributed by atoms with Crippen molar-refractivity contribution in [3.63, 3.8) is 0 Å². The molecular weight excluding hydrogens is 283 g/mol. The third kappa shape index (κ3) is 2.65. The monoisotopic (exact) mass is 302 g/mol. The van der Waals surface area contributed by atoms with E-state index in [1.807, 2.05) is 6.92 Å². The van der Waals surface area contributed by atoms with Crippen LogP contribution in [0.5, 0.6) is 0 Å². The van der Waals surface area contributed by atoms with Crippen molar-refractivity contribution < 1.29 is 17.5 Å². The maximum Gasteiger partial charge on any atom is 0.241 e. The highest BCUT2D eigenvalue weighted by Gasteiger charge is 2.40. The number of rotatable bonds is 3. The predicted octanol–water partition coefficient (Wildman–Crippen LogP) is 1.56. The molecule has 112 valence electrons. The van der Waals surface area contributed by atoms with Crippen LogP contribution in [0.1, 0.15) is 25.8 Å². The third-order valence-corrected chi connectivity index (χ3v) is 5.41. The van der Waals surface area contributed by atoms with Gasteiger partial charge in [0.25, 0.3) is 0 Å².